The maximum Gasteiger partial charge on any atom is 0.225 e. The number of piperazine rings is 1. The lowest BCUT2D eigenvalue weighted by Gasteiger charge is -2.34. The number of rotatable bonds is 7. The first-order chi connectivity index (χ1) is 14.1. The van der Waals surface area contributed by atoms with Crippen LogP contribution in [0.1, 0.15) is 12.1 Å². The SMILES string of the molecule is CN=C(NCCCN1CCN(c2ncccn2)CC1)N(C)Cc1cc(Cl)cn1C.I. The van der Waals surface area contributed by atoms with Gasteiger partial charge in [0.2, 0.25) is 5.95 Å². The van der Waals surface area contributed by atoms with E-state index in [-0.39, 0.29) is 24.0 Å². The number of guanidine groups is 1. The molecule has 0 spiro atoms. The van der Waals surface area contributed by atoms with Gasteiger partial charge in [-0.05, 0) is 25.1 Å². The van der Waals surface area contributed by atoms with Crippen LogP contribution in [-0.2, 0) is 13.6 Å². The lowest BCUT2D eigenvalue weighted by Crippen LogP contribution is -2.47. The second-order valence-corrected chi connectivity index (χ2v) is 7.76. The van der Waals surface area contributed by atoms with Gasteiger partial charge in [-0.25, -0.2) is 9.97 Å². The van der Waals surface area contributed by atoms with Crippen molar-refractivity contribution in [2.45, 2.75) is 13.0 Å². The first-order valence-electron chi connectivity index (χ1n) is 10.0. The molecule has 2 aromatic rings. The van der Waals surface area contributed by atoms with Gasteiger partial charge >= 0.3 is 0 Å². The van der Waals surface area contributed by atoms with Crippen LogP contribution in [0.15, 0.2) is 35.7 Å². The Labute approximate surface area is 201 Å². The number of aliphatic imine (C=N–C) groups is 1. The lowest BCUT2D eigenvalue weighted by molar-refractivity contribution is 0.254. The van der Waals surface area contributed by atoms with E-state index in [2.05, 4.69) is 35.0 Å². The number of nitrogens with zero attached hydrogens (tertiary/aromatic N) is 7. The van der Waals surface area contributed by atoms with E-state index in [0.29, 0.717) is 0 Å². The monoisotopic (exact) mass is 546 g/mol. The molecule has 0 bridgehead atoms. The molecular weight excluding hydrogens is 515 g/mol. The highest BCUT2D eigenvalue weighted by molar-refractivity contribution is 14.0. The van der Waals surface area contributed by atoms with E-state index in [1.165, 1.54) is 0 Å². The van der Waals surface area contributed by atoms with Gasteiger partial charge in [0.05, 0.1) is 11.6 Å². The van der Waals surface area contributed by atoms with Gasteiger partial charge in [0.1, 0.15) is 0 Å². The molecule has 3 rings (SSSR count). The Bertz CT molecular complexity index is 789. The zero-order valence-electron chi connectivity index (χ0n) is 18.0. The van der Waals surface area contributed by atoms with Crippen LogP contribution in [-0.4, -0.2) is 83.7 Å². The van der Waals surface area contributed by atoms with Crippen LogP contribution in [0.3, 0.4) is 0 Å². The number of anilines is 1. The van der Waals surface area contributed by atoms with Crippen molar-refractivity contribution in [1.29, 1.82) is 0 Å². The third-order valence-electron chi connectivity index (χ3n) is 5.19. The minimum Gasteiger partial charge on any atom is -0.356 e. The number of halogens is 2. The maximum absolute atomic E-state index is 6.08. The zero-order valence-corrected chi connectivity index (χ0v) is 21.0. The quantitative estimate of drug-likeness (QED) is 0.249. The van der Waals surface area contributed by atoms with Crippen LogP contribution in [0.25, 0.3) is 0 Å². The van der Waals surface area contributed by atoms with Gasteiger partial charge in [0, 0.05) is 78.2 Å². The van der Waals surface area contributed by atoms with E-state index < -0.39 is 0 Å². The normalized spacial score (nSPS) is 15.1. The summed E-state index contributed by atoms with van der Waals surface area (Å²) in [7, 11) is 5.87. The Kier molecular flexibility index (Phi) is 10.1. The third-order valence-corrected chi connectivity index (χ3v) is 5.40. The summed E-state index contributed by atoms with van der Waals surface area (Å²) in [5, 5.41) is 4.23. The number of hydrogen-bond acceptors (Lipinski definition) is 5. The predicted molar refractivity (Wildman–Crippen MR) is 134 cm³/mol. The van der Waals surface area contributed by atoms with E-state index in [0.717, 1.165) is 74.9 Å². The van der Waals surface area contributed by atoms with Gasteiger partial charge in [-0.1, -0.05) is 11.6 Å². The van der Waals surface area contributed by atoms with Crippen LogP contribution in [0.4, 0.5) is 5.95 Å². The molecule has 3 heterocycles. The van der Waals surface area contributed by atoms with Crippen LogP contribution in [0, 0.1) is 0 Å². The third kappa shape index (κ3) is 6.98. The van der Waals surface area contributed by atoms with E-state index >= 15 is 0 Å². The first-order valence-corrected chi connectivity index (χ1v) is 10.4. The summed E-state index contributed by atoms with van der Waals surface area (Å²) in [6, 6.07) is 3.85. The molecule has 10 heteroatoms. The minimum absolute atomic E-state index is 0. The van der Waals surface area contributed by atoms with E-state index in [1.807, 2.05) is 44.0 Å². The average Bonchev–Trinajstić information content (AvgIpc) is 3.05. The largest absolute Gasteiger partial charge is 0.356 e. The van der Waals surface area contributed by atoms with Crippen molar-refractivity contribution in [1.82, 2.24) is 29.7 Å². The van der Waals surface area contributed by atoms with Gasteiger partial charge in [0.15, 0.2) is 5.96 Å². The van der Waals surface area contributed by atoms with Gasteiger partial charge in [0.25, 0.3) is 0 Å². The Morgan fingerprint density at radius 1 is 1.23 bits per heavy atom. The van der Waals surface area contributed by atoms with Gasteiger partial charge in [-0.2, -0.15) is 0 Å². The molecule has 0 unspecified atom stereocenters. The Balaban J connectivity index is 0.00000320. The molecule has 0 amide bonds. The molecule has 2 aromatic heterocycles. The van der Waals surface area contributed by atoms with Crippen LogP contribution in [0.2, 0.25) is 5.02 Å². The summed E-state index contributed by atoms with van der Waals surface area (Å²) >= 11 is 6.08. The topological polar surface area (TPSA) is 64.8 Å². The lowest BCUT2D eigenvalue weighted by atomic mass is 10.3. The standard InChI is InChI=1S/C20H31ClN8.HI/c1-22-19(27(3)16-18-14-17(21)15-26(18)2)23-8-5-9-28-10-12-29(13-11-28)20-24-6-4-7-25-20;/h4,6-7,14-15H,5,8-13,16H2,1-3H3,(H,22,23);1H. The Hall–Kier alpha value is -1.59. The fourth-order valence-electron chi connectivity index (χ4n) is 3.55. The van der Waals surface area contributed by atoms with Crippen molar-refractivity contribution in [3.05, 3.63) is 41.4 Å². The molecule has 1 N–H and O–H groups in total. The molecule has 0 atom stereocenters. The highest BCUT2D eigenvalue weighted by atomic mass is 127. The molecule has 8 nitrogen and oxygen atoms in total. The summed E-state index contributed by atoms with van der Waals surface area (Å²) in [5.41, 5.74) is 1.15. The van der Waals surface area contributed by atoms with Crippen LogP contribution < -0.4 is 10.2 Å². The number of aromatic nitrogens is 3. The number of nitrogens with one attached hydrogen (secondary N) is 1. The summed E-state index contributed by atoms with van der Waals surface area (Å²) in [6.07, 6.45) is 6.60. The minimum atomic E-state index is 0. The van der Waals surface area contributed by atoms with Gasteiger partial charge in [-0.15, -0.1) is 24.0 Å². The Morgan fingerprint density at radius 2 is 1.93 bits per heavy atom. The van der Waals surface area contributed by atoms with Crippen molar-refractivity contribution in [2.75, 3.05) is 58.3 Å². The summed E-state index contributed by atoms with van der Waals surface area (Å²) in [5.74, 6) is 1.73. The molecule has 30 heavy (non-hydrogen) atoms. The zero-order chi connectivity index (χ0) is 20.6. The first kappa shape index (κ1) is 24.7. The summed E-state index contributed by atoms with van der Waals surface area (Å²) < 4.78 is 2.05. The van der Waals surface area contributed by atoms with Crippen molar-refractivity contribution >= 4 is 47.5 Å². The molecular formula is C20H32ClIN8. The van der Waals surface area contributed by atoms with Gasteiger partial charge in [-0.3, -0.25) is 9.89 Å². The molecule has 1 aliphatic rings. The van der Waals surface area contributed by atoms with Gasteiger partial charge < -0.3 is 19.7 Å². The summed E-state index contributed by atoms with van der Waals surface area (Å²) in [4.78, 5) is 20.0. The van der Waals surface area contributed by atoms with Crippen molar-refractivity contribution in [2.24, 2.45) is 12.0 Å². The van der Waals surface area contributed by atoms with Crippen molar-refractivity contribution < 1.29 is 0 Å². The molecule has 1 aliphatic heterocycles. The van der Waals surface area contributed by atoms with Crippen molar-refractivity contribution in [3.8, 4) is 0 Å². The molecule has 0 aromatic carbocycles. The molecule has 0 radical (unpaired) electrons. The smallest absolute Gasteiger partial charge is 0.225 e. The maximum atomic E-state index is 6.08. The van der Waals surface area contributed by atoms with E-state index in [4.69, 9.17) is 11.6 Å². The fourth-order valence-corrected chi connectivity index (χ4v) is 3.83. The highest BCUT2D eigenvalue weighted by Crippen LogP contribution is 2.14. The Morgan fingerprint density at radius 3 is 2.53 bits per heavy atom. The molecule has 1 saturated heterocycles. The van der Waals surface area contributed by atoms with E-state index in [1.54, 1.807) is 12.4 Å². The number of aryl methyl sites for hydroxylation is 1. The number of hydrogen-bond donors (Lipinski definition) is 1. The average molecular weight is 547 g/mol. The molecule has 166 valence electrons. The molecule has 0 saturated carbocycles. The van der Waals surface area contributed by atoms with Crippen LogP contribution in [0.5, 0.6) is 0 Å². The second kappa shape index (κ2) is 12.3. The predicted octanol–water partition coefficient (Wildman–Crippen LogP) is 2.31. The van der Waals surface area contributed by atoms with E-state index in [9.17, 15) is 0 Å². The fraction of sp³-hybridized carbons (Fsp3) is 0.550. The second-order valence-electron chi connectivity index (χ2n) is 7.32. The molecule has 0 aliphatic carbocycles. The highest BCUT2D eigenvalue weighted by Gasteiger charge is 2.18. The molecule has 1 fully saturated rings. The van der Waals surface area contributed by atoms with Crippen LogP contribution >= 0.6 is 35.6 Å². The van der Waals surface area contributed by atoms with Crippen molar-refractivity contribution in [3.63, 3.8) is 0 Å². The summed E-state index contributed by atoms with van der Waals surface area (Å²) in [6.45, 7) is 6.76.